The summed E-state index contributed by atoms with van der Waals surface area (Å²) < 4.78 is 47.7. The van der Waals surface area contributed by atoms with Crippen LogP contribution in [0.25, 0.3) is 0 Å². The molecule has 4 rings (SSSR count). The van der Waals surface area contributed by atoms with Crippen LogP contribution in [0.1, 0.15) is 45.7 Å². The van der Waals surface area contributed by atoms with Gasteiger partial charge in [-0.2, -0.15) is 0 Å². The van der Waals surface area contributed by atoms with Gasteiger partial charge < -0.3 is 23.7 Å². The van der Waals surface area contributed by atoms with E-state index in [-0.39, 0.29) is 12.4 Å². The maximum atomic E-state index is 13.4. The van der Waals surface area contributed by atoms with Crippen molar-refractivity contribution in [1.82, 2.24) is 0 Å². The molecule has 10 heteroatoms. The van der Waals surface area contributed by atoms with Gasteiger partial charge in [-0.1, -0.05) is 12.1 Å². The minimum absolute atomic E-state index is 0.00744. The topological polar surface area (TPSA) is 74.2 Å². The SMILES string of the molecule is CC(=O)OCc1cc(F)ccc1B1OC(C)(C)C(C)(C)O1.OB1OCc2cc(F)ccc21. The number of ether oxygens (including phenoxy) is 1. The minimum atomic E-state index is -0.870. The molecule has 2 aromatic rings. The third kappa shape index (κ3) is 5.38. The van der Waals surface area contributed by atoms with E-state index in [9.17, 15) is 13.6 Å². The smallest absolute Gasteiger partial charge is 0.461 e. The molecule has 1 saturated heterocycles. The lowest BCUT2D eigenvalue weighted by Gasteiger charge is -2.32. The fraction of sp³-hybridized carbons (Fsp3) is 0.409. The van der Waals surface area contributed by atoms with Crippen LogP contribution in [0.2, 0.25) is 0 Å². The van der Waals surface area contributed by atoms with Crippen LogP contribution in [-0.2, 0) is 36.7 Å². The molecule has 0 aliphatic carbocycles. The van der Waals surface area contributed by atoms with Crippen molar-refractivity contribution in [3.8, 4) is 0 Å². The number of hydrogen-bond donors (Lipinski definition) is 1. The quantitative estimate of drug-likeness (QED) is 0.576. The van der Waals surface area contributed by atoms with Gasteiger partial charge in [-0.05, 0) is 74.0 Å². The molecule has 32 heavy (non-hydrogen) atoms. The van der Waals surface area contributed by atoms with Crippen LogP contribution in [-0.4, -0.2) is 36.4 Å². The Morgan fingerprint density at radius 2 is 1.59 bits per heavy atom. The molecule has 6 nitrogen and oxygen atoms in total. The zero-order chi connectivity index (χ0) is 23.7. The Kier molecular flexibility index (Phi) is 7.09. The Morgan fingerprint density at radius 3 is 2.19 bits per heavy atom. The van der Waals surface area contributed by atoms with E-state index in [4.69, 9.17) is 23.7 Å². The number of halogens is 2. The lowest BCUT2D eigenvalue weighted by Crippen LogP contribution is -2.41. The van der Waals surface area contributed by atoms with Crippen LogP contribution >= 0.6 is 0 Å². The first-order chi connectivity index (χ1) is 14.9. The molecule has 0 aromatic heterocycles. The summed E-state index contributed by atoms with van der Waals surface area (Å²) in [5, 5.41) is 9.13. The second-order valence-corrected chi connectivity index (χ2v) is 8.72. The van der Waals surface area contributed by atoms with Crippen LogP contribution in [0.3, 0.4) is 0 Å². The largest absolute Gasteiger partial charge is 0.495 e. The van der Waals surface area contributed by atoms with Crippen molar-refractivity contribution in [3.63, 3.8) is 0 Å². The fourth-order valence-corrected chi connectivity index (χ4v) is 3.28. The third-order valence-corrected chi connectivity index (χ3v) is 5.81. The van der Waals surface area contributed by atoms with Crippen molar-refractivity contribution in [2.24, 2.45) is 0 Å². The van der Waals surface area contributed by atoms with E-state index in [0.717, 1.165) is 5.56 Å². The molecule has 2 aromatic carbocycles. The van der Waals surface area contributed by atoms with Gasteiger partial charge >= 0.3 is 20.2 Å². The summed E-state index contributed by atoms with van der Waals surface area (Å²) in [5.74, 6) is -1.10. The lowest BCUT2D eigenvalue weighted by molar-refractivity contribution is -0.142. The lowest BCUT2D eigenvalue weighted by atomic mass is 9.76. The summed E-state index contributed by atoms with van der Waals surface area (Å²) in [6.45, 7) is 9.39. The van der Waals surface area contributed by atoms with Crippen molar-refractivity contribution in [1.29, 1.82) is 0 Å². The van der Waals surface area contributed by atoms with Gasteiger partial charge in [0.1, 0.15) is 18.2 Å². The standard InChI is InChI=1S/C15H20BFO4.C7H6BFO2/c1-10(18)19-9-11-8-12(17)6-7-13(11)16-20-14(2,3)15(4,5)21-16;9-6-1-2-7-5(3-6)4-11-8(7)10/h6-8H,9H2,1-5H3;1-3,10H,4H2. The van der Waals surface area contributed by atoms with E-state index < -0.39 is 37.2 Å². The van der Waals surface area contributed by atoms with Gasteiger partial charge in [-0.25, -0.2) is 8.78 Å². The van der Waals surface area contributed by atoms with E-state index in [1.54, 1.807) is 12.1 Å². The Labute approximate surface area is 187 Å². The molecule has 2 heterocycles. The molecule has 0 saturated carbocycles. The van der Waals surface area contributed by atoms with Crippen molar-refractivity contribution in [2.75, 3.05) is 0 Å². The van der Waals surface area contributed by atoms with Gasteiger partial charge in [-0.3, -0.25) is 4.79 Å². The molecule has 1 N–H and O–H groups in total. The highest BCUT2D eigenvalue weighted by Gasteiger charge is 2.52. The zero-order valence-electron chi connectivity index (χ0n) is 18.8. The van der Waals surface area contributed by atoms with Crippen molar-refractivity contribution in [3.05, 3.63) is 59.2 Å². The van der Waals surface area contributed by atoms with Gasteiger partial charge in [0.15, 0.2) is 0 Å². The second-order valence-electron chi connectivity index (χ2n) is 8.72. The van der Waals surface area contributed by atoms with E-state index in [1.807, 2.05) is 27.7 Å². The molecule has 0 unspecified atom stereocenters. The number of fused-ring (bicyclic) bond motifs is 1. The second kappa shape index (κ2) is 9.31. The predicted molar refractivity (Wildman–Crippen MR) is 116 cm³/mol. The molecular formula is C22H26B2F2O6. The minimum Gasteiger partial charge on any atom is -0.461 e. The van der Waals surface area contributed by atoms with Gasteiger partial charge in [0.25, 0.3) is 0 Å². The Balaban J connectivity index is 0.000000219. The summed E-state index contributed by atoms with van der Waals surface area (Å²) in [6, 6.07) is 8.53. The van der Waals surface area contributed by atoms with Gasteiger partial charge in [0.05, 0.1) is 17.8 Å². The van der Waals surface area contributed by atoms with E-state index in [0.29, 0.717) is 23.1 Å². The van der Waals surface area contributed by atoms with Gasteiger partial charge in [0, 0.05) is 6.92 Å². The fourth-order valence-electron chi connectivity index (χ4n) is 3.28. The van der Waals surface area contributed by atoms with Gasteiger partial charge in [-0.15, -0.1) is 0 Å². The molecular weight excluding hydrogens is 420 g/mol. The highest BCUT2D eigenvalue weighted by atomic mass is 19.1. The van der Waals surface area contributed by atoms with Crippen LogP contribution < -0.4 is 10.9 Å². The number of carbonyl (C=O) groups is 1. The summed E-state index contributed by atoms with van der Waals surface area (Å²) in [5.41, 5.74) is 1.67. The first-order valence-electron chi connectivity index (χ1n) is 10.2. The Hall–Kier alpha value is -2.26. The molecule has 170 valence electrons. The van der Waals surface area contributed by atoms with E-state index >= 15 is 0 Å². The monoisotopic (exact) mass is 446 g/mol. The molecule has 0 bridgehead atoms. The maximum absolute atomic E-state index is 13.4. The predicted octanol–water partition coefficient (Wildman–Crippen LogP) is 2.23. The number of carbonyl (C=O) groups excluding carboxylic acids is 1. The number of benzene rings is 2. The molecule has 2 aliphatic rings. The van der Waals surface area contributed by atoms with Crippen LogP contribution in [0, 0.1) is 11.6 Å². The average Bonchev–Trinajstić information content (AvgIpc) is 3.15. The zero-order valence-corrected chi connectivity index (χ0v) is 18.8. The van der Waals surface area contributed by atoms with Crippen molar-refractivity contribution < 1.29 is 37.3 Å². The number of esters is 1. The summed E-state index contributed by atoms with van der Waals surface area (Å²) in [4.78, 5) is 11.0. The maximum Gasteiger partial charge on any atom is 0.495 e. The highest BCUT2D eigenvalue weighted by Crippen LogP contribution is 2.36. The van der Waals surface area contributed by atoms with Crippen molar-refractivity contribution in [2.45, 2.75) is 59.0 Å². The summed E-state index contributed by atoms with van der Waals surface area (Å²) in [7, 11) is -1.48. The normalized spacial score (nSPS) is 18.1. The van der Waals surface area contributed by atoms with Crippen LogP contribution in [0.4, 0.5) is 8.78 Å². The molecule has 0 amide bonds. The summed E-state index contributed by atoms with van der Waals surface area (Å²) in [6.07, 6.45) is 0. The number of rotatable bonds is 3. The molecule has 0 atom stereocenters. The van der Waals surface area contributed by atoms with Crippen molar-refractivity contribution >= 4 is 31.1 Å². The van der Waals surface area contributed by atoms with Gasteiger partial charge in [0.2, 0.25) is 0 Å². The molecule has 0 radical (unpaired) electrons. The average molecular weight is 446 g/mol. The summed E-state index contributed by atoms with van der Waals surface area (Å²) >= 11 is 0. The third-order valence-electron chi connectivity index (χ3n) is 5.81. The number of hydrogen-bond acceptors (Lipinski definition) is 6. The molecule has 2 aliphatic heterocycles. The first kappa shape index (κ1) is 24.4. The van der Waals surface area contributed by atoms with Crippen LogP contribution in [0.15, 0.2) is 36.4 Å². The molecule has 1 fully saturated rings. The Bertz CT molecular complexity index is 982. The van der Waals surface area contributed by atoms with E-state index in [1.165, 1.54) is 31.2 Å². The van der Waals surface area contributed by atoms with Crippen LogP contribution in [0.5, 0.6) is 0 Å². The molecule has 0 spiro atoms. The highest BCUT2D eigenvalue weighted by molar-refractivity contribution is 6.62. The first-order valence-corrected chi connectivity index (χ1v) is 10.2. The Morgan fingerprint density at radius 1 is 1.03 bits per heavy atom. The van der Waals surface area contributed by atoms with E-state index in [2.05, 4.69) is 0 Å².